The van der Waals surface area contributed by atoms with Crippen LogP contribution in [0.15, 0.2) is 108 Å². The Bertz CT molecular complexity index is 816. The third-order valence-corrected chi connectivity index (χ3v) is 5.82. The van der Waals surface area contributed by atoms with Gasteiger partial charge < -0.3 is 0 Å². The predicted octanol–water partition coefficient (Wildman–Crippen LogP) is 9.07. The van der Waals surface area contributed by atoms with E-state index in [9.17, 15) is 0 Å². The van der Waals surface area contributed by atoms with Crippen molar-refractivity contribution in [1.29, 1.82) is 0 Å². The summed E-state index contributed by atoms with van der Waals surface area (Å²) in [5, 5.41) is 0. The summed E-state index contributed by atoms with van der Waals surface area (Å²) in [7, 11) is 0. The van der Waals surface area contributed by atoms with Crippen molar-refractivity contribution in [3.63, 3.8) is 0 Å². The number of rotatable bonds is 4. The van der Waals surface area contributed by atoms with Crippen LogP contribution in [0.5, 0.6) is 0 Å². The minimum absolute atomic E-state index is 0.265. The van der Waals surface area contributed by atoms with Crippen LogP contribution < -0.4 is 0 Å². The van der Waals surface area contributed by atoms with E-state index in [0.717, 1.165) is 12.8 Å². The maximum absolute atomic E-state index is 2.48. The van der Waals surface area contributed by atoms with Gasteiger partial charge in [0.15, 0.2) is 0 Å². The molecule has 0 amide bonds. The predicted molar refractivity (Wildman–Crippen MR) is 138 cm³/mol. The molecule has 0 heterocycles. The van der Waals surface area contributed by atoms with Crippen molar-refractivity contribution in [2.24, 2.45) is 11.8 Å². The minimum Gasteiger partial charge on any atom is -0.0836 e. The summed E-state index contributed by atoms with van der Waals surface area (Å²) in [6.45, 7) is 12.6. The molecule has 2 unspecified atom stereocenters. The van der Waals surface area contributed by atoms with Crippen LogP contribution in [0, 0.1) is 11.8 Å². The highest BCUT2D eigenvalue weighted by Gasteiger charge is 2.41. The molecule has 2 aliphatic rings. The van der Waals surface area contributed by atoms with Gasteiger partial charge >= 0.3 is 0 Å². The summed E-state index contributed by atoms with van der Waals surface area (Å²) >= 11 is 0. The number of hydrogen-bond acceptors (Lipinski definition) is 0. The molecule has 4 rings (SSSR count). The van der Waals surface area contributed by atoms with Crippen LogP contribution in [0.4, 0.5) is 0 Å². The maximum Gasteiger partial charge on any atom is 0.0695 e. The molecule has 0 spiro atoms. The van der Waals surface area contributed by atoms with Crippen molar-refractivity contribution in [3.05, 3.63) is 119 Å². The largest absolute Gasteiger partial charge is 0.0836 e. The summed E-state index contributed by atoms with van der Waals surface area (Å²) in [5.41, 5.74) is 5.20. The first-order valence-corrected chi connectivity index (χ1v) is 12.1. The average molecular weight is 413 g/mol. The van der Waals surface area contributed by atoms with Gasteiger partial charge in [0, 0.05) is 0 Å². The molecule has 0 fully saturated rings. The van der Waals surface area contributed by atoms with Gasteiger partial charge in [-0.1, -0.05) is 139 Å². The Morgan fingerprint density at radius 2 is 0.935 bits per heavy atom. The zero-order chi connectivity index (χ0) is 22.7. The molecule has 2 aromatic rings. The van der Waals surface area contributed by atoms with E-state index in [1.165, 1.54) is 22.3 Å². The van der Waals surface area contributed by atoms with Gasteiger partial charge in [0.25, 0.3) is 0 Å². The maximum atomic E-state index is 2.48. The lowest BCUT2D eigenvalue weighted by Gasteiger charge is -2.41. The summed E-state index contributed by atoms with van der Waals surface area (Å²) in [6, 6.07) is 22.0. The van der Waals surface area contributed by atoms with Gasteiger partial charge in [-0.2, -0.15) is 0 Å². The summed E-state index contributed by atoms with van der Waals surface area (Å²) in [4.78, 5) is 0. The minimum atomic E-state index is -0.265. The van der Waals surface area contributed by atoms with Gasteiger partial charge in [-0.05, 0) is 47.0 Å². The van der Waals surface area contributed by atoms with E-state index in [4.69, 9.17) is 0 Å². The van der Waals surface area contributed by atoms with Crippen molar-refractivity contribution >= 4 is 0 Å². The molecule has 0 nitrogen and oxygen atoms in total. The van der Waals surface area contributed by atoms with Crippen LogP contribution in [0.2, 0.25) is 0 Å². The first kappa shape index (κ1) is 24.7. The van der Waals surface area contributed by atoms with E-state index >= 15 is 0 Å². The second kappa shape index (κ2) is 12.3. The van der Waals surface area contributed by atoms with Gasteiger partial charge in [0.05, 0.1) is 5.41 Å². The molecule has 2 aliphatic carbocycles. The van der Waals surface area contributed by atoms with E-state index in [1.54, 1.807) is 0 Å². The fourth-order valence-electron chi connectivity index (χ4n) is 4.56. The molecule has 0 heteroatoms. The molecular formula is C31H40. The number of benzene rings is 2. The molecule has 0 aromatic heterocycles. The van der Waals surface area contributed by atoms with Crippen molar-refractivity contribution < 1.29 is 0 Å². The Morgan fingerprint density at radius 1 is 0.581 bits per heavy atom. The highest BCUT2D eigenvalue weighted by atomic mass is 14.4. The fraction of sp³-hybridized carbons (Fsp3) is 0.355. The van der Waals surface area contributed by atoms with Crippen molar-refractivity contribution in [2.45, 2.75) is 59.8 Å². The Balaban J connectivity index is 0.000000807. The zero-order valence-corrected chi connectivity index (χ0v) is 20.3. The van der Waals surface area contributed by atoms with Crippen LogP contribution in [0.25, 0.3) is 0 Å². The fourth-order valence-corrected chi connectivity index (χ4v) is 4.56. The first-order valence-electron chi connectivity index (χ1n) is 12.1. The lowest BCUT2D eigenvalue weighted by atomic mass is 9.61. The van der Waals surface area contributed by atoms with E-state index < -0.39 is 0 Å². The van der Waals surface area contributed by atoms with E-state index in [-0.39, 0.29) is 5.41 Å². The summed E-state index contributed by atoms with van der Waals surface area (Å²) in [6.07, 6.45) is 16.6. The Kier molecular flexibility index (Phi) is 9.79. The first-order chi connectivity index (χ1) is 15.2. The Morgan fingerprint density at radius 3 is 1.26 bits per heavy atom. The lowest BCUT2D eigenvalue weighted by molar-refractivity contribution is 0.649. The zero-order valence-electron chi connectivity index (χ0n) is 20.3. The summed E-state index contributed by atoms with van der Waals surface area (Å²) < 4.78 is 0. The Hall–Kier alpha value is -2.60. The van der Waals surface area contributed by atoms with Crippen LogP contribution in [0.1, 0.15) is 65.5 Å². The average Bonchev–Trinajstić information content (AvgIpc) is 2.84. The lowest BCUT2D eigenvalue weighted by Crippen LogP contribution is -2.33. The SMILES string of the molecule is CC.CC.CC1C=C(C(C2=CC(C)CC=C2)(c2ccccc2)c2ccccc2)C=CC1. The quantitative estimate of drug-likeness (QED) is 0.470. The van der Waals surface area contributed by atoms with E-state index in [0.29, 0.717) is 11.8 Å². The van der Waals surface area contributed by atoms with Crippen LogP contribution >= 0.6 is 0 Å². The second-order valence-electron chi connectivity index (χ2n) is 7.96. The molecule has 0 saturated heterocycles. The third kappa shape index (κ3) is 5.37. The highest BCUT2D eigenvalue weighted by molar-refractivity contribution is 5.63. The number of allylic oxidation sites excluding steroid dienone is 8. The Labute approximate surface area is 191 Å². The van der Waals surface area contributed by atoms with Gasteiger partial charge in [0.1, 0.15) is 0 Å². The second-order valence-corrected chi connectivity index (χ2v) is 7.96. The van der Waals surface area contributed by atoms with Gasteiger partial charge in [0.2, 0.25) is 0 Å². The van der Waals surface area contributed by atoms with Gasteiger partial charge in [-0.25, -0.2) is 0 Å². The number of hydrogen-bond donors (Lipinski definition) is 0. The van der Waals surface area contributed by atoms with E-state index in [2.05, 4.69) is 111 Å². The van der Waals surface area contributed by atoms with Crippen molar-refractivity contribution in [2.75, 3.05) is 0 Å². The van der Waals surface area contributed by atoms with Crippen LogP contribution in [-0.2, 0) is 5.41 Å². The standard InChI is InChI=1S/C27H28.2C2H6/c1-21-11-9-17-25(19-21)27(23-13-5-3-6-14-23,24-15-7-4-8-16-24)26-18-10-12-22(2)20-26;2*1-2/h3-10,13-22H,11-12H2,1-2H3;2*1-2H3. The molecule has 31 heavy (non-hydrogen) atoms. The smallest absolute Gasteiger partial charge is 0.0695 e. The van der Waals surface area contributed by atoms with Crippen molar-refractivity contribution in [3.8, 4) is 0 Å². The van der Waals surface area contributed by atoms with E-state index in [1.807, 2.05) is 27.7 Å². The molecule has 0 saturated carbocycles. The van der Waals surface area contributed by atoms with Gasteiger partial charge in [-0.3, -0.25) is 0 Å². The van der Waals surface area contributed by atoms with Crippen molar-refractivity contribution in [1.82, 2.24) is 0 Å². The molecule has 164 valence electrons. The molecule has 0 bridgehead atoms. The molecule has 2 atom stereocenters. The monoisotopic (exact) mass is 412 g/mol. The molecule has 0 aliphatic heterocycles. The molecule has 0 radical (unpaired) electrons. The normalized spacial score (nSPS) is 19.8. The van der Waals surface area contributed by atoms with Gasteiger partial charge in [-0.15, -0.1) is 0 Å². The van der Waals surface area contributed by atoms with Crippen LogP contribution in [0.3, 0.4) is 0 Å². The van der Waals surface area contributed by atoms with Crippen LogP contribution in [-0.4, -0.2) is 0 Å². The molecule has 2 aromatic carbocycles. The molecular weight excluding hydrogens is 372 g/mol. The summed E-state index contributed by atoms with van der Waals surface area (Å²) in [5.74, 6) is 1.12. The third-order valence-electron chi connectivity index (χ3n) is 5.82. The topological polar surface area (TPSA) is 0 Å². The highest BCUT2D eigenvalue weighted by Crippen LogP contribution is 2.49. The molecule has 0 N–H and O–H groups in total.